The van der Waals surface area contributed by atoms with Crippen molar-refractivity contribution in [1.82, 2.24) is 0 Å². The predicted molar refractivity (Wildman–Crippen MR) is 73.7 cm³/mol. The minimum absolute atomic E-state index is 0.0556. The molecule has 1 N–H and O–H groups in total. The molecule has 0 bridgehead atoms. The molecule has 0 atom stereocenters. The summed E-state index contributed by atoms with van der Waals surface area (Å²) >= 11 is 11.6. The second-order valence-corrected chi connectivity index (χ2v) is 6.21. The lowest BCUT2D eigenvalue weighted by molar-refractivity contribution is 0.599. The topological polar surface area (TPSA) is 46.2 Å². The van der Waals surface area contributed by atoms with Crippen molar-refractivity contribution in [3.63, 3.8) is 0 Å². The fraction of sp³-hybridized carbons (Fsp3) is 0. The third-order valence-electron chi connectivity index (χ3n) is 2.30. The lowest BCUT2D eigenvalue weighted by Crippen LogP contribution is -2.13. The highest BCUT2D eigenvalue weighted by atomic mass is 35.5. The van der Waals surface area contributed by atoms with Crippen molar-refractivity contribution in [3.8, 4) is 0 Å². The van der Waals surface area contributed by atoms with Crippen LogP contribution >= 0.6 is 23.2 Å². The Labute approximate surface area is 120 Å². The molecule has 0 heterocycles. The quantitative estimate of drug-likeness (QED) is 0.931. The Morgan fingerprint density at radius 1 is 1.00 bits per heavy atom. The van der Waals surface area contributed by atoms with Crippen LogP contribution in [0.4, 0.5) is 10.1 Å². The smallest absolute Gasteiger partial charge is 0.261 e. The van der Waals surface area contributed by atoms with E-state index >= 15 is 0 Å². The van der Waals surface area contributed by atoms with Crippen LogP contribution in [0.15, 0.2) is 47.4 Å². The van der Waals surface area contributed by atoms with Gasteiger partial charge in [0, 0.05) is 5.02 Å². The minimum Gasteiger partial charge on any atom is -0.278 e. The van der Waals surface area contributed by atoms with Crippen molar-refractivity contribution < 1.29 is 12.8 Å². The van der Waals surface area contributed by atoms with Crippen LogP contribution in [0, 0.1) is 5.82 Å². The van der Waals surface area contributed by atoms with E-state index in [-0.39, 0.29) is 15.6 Å². The van der Waals surface area contributed by atoms with Crippen LogP contribution in [0.2, 0.25) is 10.0 Å². The molecule has 0 radical (unpaired) electrons. The molecule has 100 valence electrons. The summed E-state index contributed by atoms with van der Waals surface area (Å²) in [7, 11) is -3.81. The average molecular weight is 320 g/mol. The summed E-state index contributed by atoms with van der Waals surface area (Å²) in [6.45, 7) is 0. The van der Waals surface area contributed by atoms with Crippen LogP contribution in [0.25, 0.3) is 0 Å². The third-order valence-corrected chi connectivity index (χ3v) is 4.23. The van der Waals surface area contributed by atoms with Crippen molar-refractivity contribution in [2.45, 2.75) is 4.90 Å². The molecule has 0 aromatic heterocycles. The average Bonchev–Trinajstić information content (AvgIpc) is 2.33. The van der Waals surface area contributed by atoms with E-state index in [2.05, 4.69) is 4.72 Å². The van der Waals surface area contributed by atoms with Gasteiger partial charge < -0.3 is 0 Å². The van der Waals surface area contributed by atoms with Crippen molar-refractivity contribution in [2.24, 2.45) is 0 Å². The van der Waals surface area contributed by atoms with Gasteiger partial charge in [-0.3, -0.25) is 4.72 Å². The molecule has 19 heavy (non-hydrogen) atoms. The molecule has 0 aliphatic rings. The monoisotopic (exact) mass is 319 g/mol. The van der Waals surface area contributed by atoms with Gasteiger partial charge in [0.1, 0.15) is 5.82 Å². The Balaban J connectivity index is 2.33. The number of anilines is 1. The van der Waals surface area contributed by atoms with E-state index in [1.54, 1.807) is 0 Å². The first-order valence-electron chi connectivity index (χ1n) is 5.12. The number of hydrogen-bond donors (Lipinski definition) is 1. The Kier molecular flexibility index (Phi) is 3.99. The molecule has 0 saturated heterocycles. The van der Waals surface area contributed by atoms with Crippen LogP contribution in [-0.2, 0) is 10.0 Å². The molecule has 0 spiro atoms. The molecule has 0 fully saturated rings. The molecular weight excluding hydrogens is 312 g/mol. The van der Waals surface area contributed by atoms with Crippen molar-refractivity contribution in [3.05, 3.63) is 58.3 Å². The normalized spacial score (nSPS) is 11.3. The third kappa shape index (κ3) is 3.37. The lowest BCUT2D eigenvalue weighted by atomic mass is 10.3. The molecule has 0 aliphatic carbocycles. The number of halogens is 3. The molecule has 2 rings (SSSR count). The number of hydrogen-bond acceptors (Lipinski definition) is 2. The summed E-state index contributed by atoms with van der Waals surface area (Å²) in [5.41, 5.74) is 0.204. The molecule has 2 aromatic carbocycles. The number of rotatable bonds is 3. The highest BCUT2D eigenvalue weighted by Gasteiger charge is 2.15. The molecule has 0 saturated carbocycles. The SMILES string of the molecule is O=S(=O)(Nc1ccc(Cl)cc1Cl)c1ccc(F)cc1. The Morgan fingerprint density at radius 3 is 2.21 bits per heavy atom. The zero-order valence-electron chi connectivity index (χ0n) is 9.40. The Hall–Kier alpha value is -1.30. The van der Waals surface area contributed by atoms with E-state index in [0.29, 0.717) is 5.02 Å². The highest BCUT2D eigenvalue weighted by molar-refractivity contribution is 7.92. The fourth-order valence-electron chi connectivity index (χ4n) is 1.39. The van der Waals surface area contributed by atoms with E-state index in [4.69, 9.17) is 23.2 Å². The maximum atomic E-state index is 12.8. The molecular formula is C12H8Cl2FNO2S. The van der Waals surface area contributed by atoms with Gasteiger partial charge in [-0.05, 0) is 42.5 Å². The zero-order valence-corrected chi connectivity index (χ0v) is 11.7. The van der Waals surface area contributed by atoms with Gasteiger partial charge in [0.25, 0.3) is 10.0 Å². The first-order valence-corrected chi connectivity index (χ1v) is 7.36. The molecule has 7 heteroatoms. The second kappa shape index (κ2) is 5.36. The number of sulfonamides is 1. The van der Waals surface area contributed by atoms with Crippen molar-refractivity contribution in [2.75, 3.05) is 4.72 Å². The summed E-state index contributed by atoms with van der Waals surface area (Å²) in [5, 5.41) is 0.577. The van der Waals surface area contributed by atoms with E-state index in [1.807, 2.05) is 0 Å². The number of benzene rings is 2. The Bertz CT molecular complexity index is 702. The van der Waals surface area contributed by atoms with Crippen molar-refractivity contribution in [1.29, 1.82) is 0 Å². The van der Waals surface area contributed by atoms with Gasteiger partial charge in [-0.2, -0.15) is 0 Å². The van der Waals surface area contributed by atoms with Gasteiger partial charge >= 0.3 is 0 Å². The largest absolute Gasteiger partial charge is 0.278 e. The van der Waals surface area contributed by atoms with Gasteiger partial charge in [0.15, 0.2) is 0 Å². The van der Waals surface area contributed by atoms with E-state index in [0.717, 1.165) is 12.1 Å². The second-order valence-electron chi connectivity index (χ2n) is 3.68. The molecule has 3 nitrogen and oxygen atoms in total. The predicted octanol–water partition coefficient (Wildman–Crippen LogP) is 3.93. The highest BCUT2D eigenvalue weighted by Crippen LogP contribution is 2.27. The molecule has 0 amide bonds. The summed E-state index contributed by atoms with van der Waals surface area (Å²) in [6, 6.07) is 8.85. The van der Waals surface area contributed by atoms with Gasteiger partial charge in [0.05, 0.1) is 15.6 Å². The molecule has 0 unspecified atom stereocenters. The molecule has 0 aliphatic heterocycles. The summed E-state index contributed by atoms with van der Waals surface area (Å²) in [5.74, 6) is -0.511. The van der Waals surface area contributed by atoms with E-state index in [9.17, 15) is 12.8 Å². The Morgan fingerprint density at radius 2 is 1.63 bits per heavy atom. The minimum atomic E-state index is -3.81. The van der Waals surface area contributed by atoms with Gasteiger partial charge in [-0.25, -0.2) is 12.8 Å². The van der Waals surface area contributed by atoms with E-state index < -0.39 is 15.8 Å². The maximum absolute atomic E-state index is 12.8. The lowest BCUT2D eigenvalue weighted by Gasteiger charge is -2.09. The maximum Gasteiger partial charge on any atom is 0.261 e. The first kappa shape index (κ1) is 14.1. The summed E-state index contributed by atoms with van der Waals surface area (Å²) in [6.07, 6.45) is 0. The van der Waals surface area contributed by atoms with Gasteiger partial charge in [-0.15, -0.1) is 0 Å². The van der Waals surface area contributed by atoms with Gasteiger partial charge in [-0.1, -0.05) is 23.2 Å². The fourth-order valence-corrected chi connectivity index (χ4v) is 2.98. The van der Waals surface area contributed by atoms with Crippen LogP contribution in [0.5, 0.6) is 0 Å². The van der Waals surface area contributed by atoms with Crippen LogP contribution in [0.3, 0.4) is 0 Å². The van der Waals surface area contributed by atoms with Crippen LogP contribution in [0.1, 0.15) is 0 Å². The standard InChI is InChI=1S/C12H8Cl2FNO2S/c13-8-1-6-12(11(14)7-8)16-19(17,18)10-4-2-9(15)3-5-10/h1-7,16H. The summed E-state index contributed by atoms with van der Waals surface area (Å²) < 4.78 is 39.1. The first-order chi connectivity index (χ1) is 8.88. The summed E-state index contributed by atoms with van der Waals surface area (Å²) in [4.78, 5) is -0.0556. The van der Waals surface area contributed by atoms with Crippen LogP contribution in [-0.4, -0.2) is 8.42 Å². The molecule has 2 aromatic rings. The van der Waals surface area contributed by atoms with Crippen molar-refractivity contribution >= 4 is 38.9 Å². The van der Waals surface area contributed by atoms with Gasteiger partial charge in [0.2, 0.25) is 0 Å². The number of nitrogens with one attached hydrogen (secondary N) is 1. The van der Waals surface area contributed by atoms with Crippen LogP contribution < -0.4 is 4.72 Å². The van der Waals surface area contributed by atoms with E-state index in [1.165, 1.54) is 30.3 Å². The zero-order chi connectivity index (χ0) is 14.0.